The molecule has 2 unspecified atom stereocenters. The number of imidazole rings is 1. The second-order valence-electron chi connectivity index (χ2n) is 23.2. The molecule has 1 saturated heterocycles. The van der Waals surface area contributed by atoms with Crippen molar-refractivity contribution in [3.05, 3.63) is 48.0 Å². The van der Waals surface area contributed by atoms with Gasteiger partial charge in [-0.05, 0) is 76.1 Å². The first kappa shape index (κ1) is 86.3. The summed E-state index contributed by atoms with van der Waals surface area (Å²) in [7, 11) is 0. The summed E-state index contributed by atoms with van der Waals surface area (Å²) in [6.07, 6.45) is 2.23. The van der Waals surface area contributed by atoms with Gasteiger partial charge in [-0.3, -0.25) is 76.9 Å². The van der Waals surface area contributed by atoms with E-state index in [1.165, 1.54) is 48.6 Å². The van der Waals surface area contributed by atoms with E-state index in [2.05, 4.69) is 124 Å². The molecule has 12 atom stereocenters. The number of Topliss-reactive ketones (excluding diaryl/α,β-unsaturated/α-hetero) is 1. The first-order valence-corrected chi connectivity index (χ1v) is 34.4. The zero-order valence-corrected chi connectivity index (χ0v) is 58.9. The molecular formula is C59H93N21O17S4. The molecular weight excluding hydrogens is 1400 g/mol. The Labute approximate surface area is 603 Å². The Balaban J connectivity index is 1.71. The lowest BCUT2D eigenvalue weighted by atomic mass is 9.96. The van der Waals surface area contributed by atoms with E-state index in [1.54, 1.807) is 0 Å². The van der Waals surface area contributed by atoms with Crippen LogP contribution in [0.3, 0.4) is 0 Å². The van der Waals surface area contributed by atoms with Crippen LogP contribution in [0.1, 0.15) is 76.0 Å². The fourth-order valence-electron chi connectivity index (χ4n) is 9.91. The number of H-pyrrole nitrogens is 1. The number of aromatic hydroxyl groups is 1. The third-order valence-electron chi connectivity index (χ3n) is 15.4. The zero-order valence-electron chi connectivity index (χ0n) is 55.4. The van der Waals surface area contributed by atoms with Crippen LogP contribution in [-0.4, -0.2) is 248 Å². The SMILES string of the molecule is C[C@H](NC(=O)[C@@H]1CCCN1C(=O)C(Cc1cnc[nH]1)NC(=O)[C@H](CS)NC(=O)C(CS)CC(=O)[C@H](CCCN=C(N)N)NC(=O)CN)C(=O)N[C@@H](CS)C(=O)NCC(=O)N[C@@H](CCCCN)C(=O)N[C@@H](CC(N)=O)C(=O)N[C@@H](Cc1ccc(O)cc1)C(=O)N[C@@H](CO)C(=O)N[C@@H](CS)C(N)=O. The number of hydrogen-bond acceptors (Lipinski definition) is 25. The number of phenolic OH excluding ortho intramolecular Hbond substituents is 1. The summed E-state index contributed by atoms with van der Waals surface area (Å²) in [6.45, 7) is -0.593. The molecule has 38 nitrogen and oxygen atoms in total. The number of amides is 14. The average molecular weight is 1500 g/mol. The summed E-state index contributed by atoms with van der Waals surface area (Å²) in [6, 6.07) is -10.4. The largest absolute Gasteiger partial charge is 0.508 e. The van der Waals surface area contributed by atoms with Gasteiger partial charge in [0.05, 0.1) is 44.4 Å². The number of thiol groups is 4. The Hall–Kier alpha value is -8.97. The smallest absolute Gasteiger partial charge is 0.246 e. The van der Waals surface area contributed by atoms with Gasteiger partial charge in [0.15, 0.2) is 11.7 Å². The van der Waals surface area contributed by atoms with Crippen molar-refractivity contribution < 1.29 is 82.1 Å². The van der Waals surface area contributed by atoms with E-state index in [1.807, 2.05) is 0 Å². The van der Waals surface area contributed by atoms with E-state index < -0.39 is 193 Å². The van der Waals surface area contributed by atoms with Crippen LogP contribution < -0.4 is 92.9 Å². The number of aliphatic hydroxyl groups excluding tert-OH is 1. The van der Waals surface area contributed by atoms with E-state index >= 15 is 0 Å². The number of guanidine groups is 1. The number of carbonyl (C=O) groups is 15. The predicted octanol–water partition coefficient (Wildman–Crippen LogP) is -9.34. The highest BCUT2D eigenvalue weighted by Gasteiger charge is 2.41. The number of benzene rings is 1. The topological polar surface area (TPSA) is 629 Å². The van der Waals surface area contributed by atoms with Gasteiger partial charge >= 0.3 is 0 Å². The third-order valence-corrected chi connectivity index (χ3v) is 17.0. The molecule has 42 heteroatoms. The lowest BCUT2D eigenvalue weighted by Crippen LogP contribution is -2.60. The number of unbranched alkanes of at least 4 members (excludes halogenated alkanes) is 1. The second kappa shape index (κ2) is 45.0. The van der Waals surface area contributed by atoms with Crippen LogP contribution in [0.4, 0.5) is 0 Å². The maximum Gasteiger partial charge on any atom is 0.246 e. The van der Waals surface area contributed by atoms with Gasteiger partial charge in [-0.2, -0.15) is 50.5 Å². The average Bonchev–Trinajstić information content (AvgIpc) is 1.75. The molecule has 3 rings (SSSR count). The van der Waals surface area contributed by atoms with Gasteiger partial charge in [0.1, 0.15) is 66.2 Å². The van der Waals surface area contributed by atoms with Crippen LogP contribution in [0.15, 0.2) is 41.8 Å². The number of aliphatic hydroxyl groups is 1. The Kier molecular flexibility index (Phi) is 38.4. The van der Waals surface area contributed by atoms with Crippen molar-refractivity contribution in [2.75, 3.05) is 62.3 Å². The minimum absolute atomic E-state index is 0.0330. The number of carbonyl (C=O) groups excluding carboxylic acids is 15. The summed E-state index contributed by atoms with van der Waals surface area (Å²) in [4.78, 5) is 213. The van der Waals surface area contributed by atoms with Gasteiger partial charge in [0, 0.05) is 67.3 Å². The van der Waals surface area contributed by atoms with Gasteiger partial charge in [-0.25, -0.2) is 4.98 Å². The van der Waals surface area contributed by atoms with Gasteiger partial charge in [-0.15, -0.1) is 0 Å². The molecule has 2 aromatic rings. The molecule has 0 bridgehead atoms. The molecule has 26 N–H and O–H groups in total. The number of likely N-dealkylation sites (tertiary alicyclic amines) is 1. The molecule has 1 fully saturated rings. The number of nitrogens with zero attached hydrogens (tertiary/aromatic N) is 3. The van der Waals surface area contributed by atoms with E-state index in [0.29, 0.717) is 24.1 Å². The number of rotatable bonds is 46. The number of aromatic nitrogens is 2. The second-order valence-corrected chi connectivity index (χ2v) is 24.7. The normalized spacial score (nSPS) is 15.8. The molecule has 101 heavy (non-hydrogen) atoms. The molecule has 0 spiro atoms. The molecule has 0 saturated carbocycles. The molecule has 1 aromatic heterocycles. The van der Waals surface area contributed by atoms with Crippen LogP contribution >= 0.6 is 50.5 Å². The summed E-state index contributed by atoms with van der Waals surface area (Å²) < 4.78 is 0. The zero-order chi connectivity index (χ0) is 75.5. The first-order chi connectivity index (χ1) is 47.9. The van der Waals surface area contributed by atoms with Crippen LogP contribution in [-0.2, 0) is 84.8 Å². The summed E-state index contributed by atoms with van der Waals surface area (Å²) in [5, 5.41) is 46.6. The quantitative estimate of drug-likeness (QED) is 0.0127. The number of aliphatic imine (C=N–C) groups is 1. The third kappa shape index (κ3) is 30.0. The first-order valence-electron chi connectivity index (χ1n) is 31.9. The monoisotopic (exact) mass is 1500 g/mol. The Morgan fingerprint density at radius 3 is 1.74 bits per heavy atom. The fourth-order valence-corrected chi connectivity index (χ4v) is 11.0. The summed E-state index contributed by atoms with van der Waals surface area (Å²) in [5.74, 6) is -16.0. The molecule has 0 radical (unpaired) electrons. The van der Waals surface area contributed by atoms with Crippen LogP contribution in [0.25, 0.3) is 0 Å². The number of nitrogens with one attached hydrogen (secondary N) is 12. The van der Waals surface area contributed by atoms with Crippen molar-refractivity contribution >= 4 is 145 Å². The van der Waals surface area contributed by atoms with Crippen molar-refractivity contribution in [1.29, 1.82) is 0 Å². The number of hydrogen-bond donors (Lipinski definition) is 24. The number of ketones is 1. The van der Waals surface area contributed by atoms with E-state index in [9.17, 15) is 82.1 Å². The van der Waals surface area contributed by atoms with Crippen molar-refractivity contribution in [2.24, 2.45) is 45.3 Å². The highest BCUT2D eigenvalue weighted by atomic mass is 32.1. The van der Waals surface area contributed by atoms with Gasteiger partial charge in [-0.1, -0.05) is 12.1 Å². The molecule has 1 aromatic carbocycles. The molecule has 14 amide bonds. The molecule has 560 valence electrons. The Bertz CT molecular complexity index is 3210. The number of phenols is 1. The Morgan fingerprint density at radius 2 is 1.16 bits per heavy atom. The lowest BCUT2D eigenvalue weighted by Gasteiger charge is -2.30. The van der Waals surface area contributed by atoms with Crippen molar-refractivity contribution in [3.8, 4) is 5.75 Å². The fraction of sp³-hybridized carbons (Fsp3) is 0.576. The number of nitrogens with two attached hydrogens (primary N) is 6. The van der Waals surface area contributed by atoms with Gasteiger partial charge in [0.25, 0.3) is 0 Å². The number of primary amides is 2. The standard InChI is InChI=1S/C59H93N21O17S4/c1-29(70-57(96)43-8-5-15-80(43)58(97)38(18-32-21-66-28-69-32)75-56(95)42(27-101)79-50(89)31(24-98)17-44(83)34(71-46(85)20-61)7-4-14-67-59(64)65)49(88)78-41(26-100)51(90)68-22-47(86)72-35(6-2-3-13-60)52(91)74-37(19-45(62)84)54(93)73-36(16-30-9-11-33(82)12-10-30)53(92)76-39(23-81)55(94)77-40(25-99)48(63)87/h9-12,21,28-29,31,34-43,81-82,98-101H,2-8,13-20,22-27,60-61H2,1H3,(H2,62,84)(H2,63,87)(H,66,69)(H,68,90)(H,70,96)(H,71,85)(H,72,86)(H,73,93)(H,74,91)(H,75,95)(H,76,92)(H,77,94)(H,78,88)(H,79,89)(H4,64,65,67)/t29-,31?,34-,35-,36-,37-,38?,39-,40-,41-,42-,43-/m0/s1. The van der Waals surface area contributed by atoms with Crippen LogP contribution in [0.5, 0.6) is 5.75 Å². The highest BCUT2D eigenvalue weighted by Crippen LogP contribution is 2.21. The number of aromatic amines is 1. The predicted molar refractivity (Wildman–Crippen MR) is 377 cm³/mol. The summed E-state index contributed by atoms with van der Waals surface area (Å²) >= 11 is 16.7. The van der Waals surface area contributed by atoms with E-state index in [0.717, 1.165) is 0 Å². The molecule has 1 aliphatic heterocycles. The molecule has 1 aliphatic rings. The van der Waals surface area contributed by atoms with Crippen molar-refractivity contribution in [3.63, 3.8) is 0 Å². The van der Waals surface area contributed by atoms with Crippen molar-refractivity contribution in [1.82, 2.24) is 73.4 Å². The minimum atomic E-state index is -1.82. The molecule has 0 aliphatic carbocycles. The lowest BCUT2D eigenvalue weighted by molar-refractivity contribution is -0.142. The van der Waals surface area contributed by atoms with E-state index in [-0.39, 0.29) is 99.3 Å². The van der Waals surface area contributed by atoms with Crippen LogP contribution in [0, 0.1) is 5.92 Å². The van der Waals surface area contributed by atoms with Crippen LogP contribution in [0.2, 0.25) is 0 Å². The highest BCUT2D eigenvalue weighted by molar-refractivity contribution is 7.80. The summed E-state index contributed by atoms with van der Waals surface area (Å²) in [5.41, 5.74) is 33.4. The molecule has 2 heterocycles. The van der Waals surface area contributed by atoms with Crippen molar-refractivity contribution in [2.45, 2.75) is 144 Å². The van der Waals surface area contributed by atoms with Gasteiger partial charge in [0.2, 0.25) is 82.7 Å². The minimum Gasteiger partial charge on any atom is -0.508 e. The maximum absolute atomic E-state index is 14.5. The van der Waals surface area contributed by atoms with E-state index in [4.69, 9.17) is 34.4 Å². The maximum atomic E-state index is 14.5. The van der Waals surface area contributed by atoms with Gasteiger partial charge < -0.3 is 113 Å². The Morgan fingerprint density at radius 1 is 0.604 bits per heavy atom.